The van der Waals surface area contributed by atoms with Crippen LogP contribution in [0.4, 0.5) is 0 Å². The highest BCUT2D eigenvalue weighted by Crippen LogP contribution is 2.09. The van der Waals surface area contributed by atoms with E-state index in [4.69, 9.17) is 11.6 Å². The highest BCUT2D eigenvalue weighted by molar-refractivity contribution is 6.30. The van der Waals surface area contributed by atoms with Crippen LogP contribution in [-0.4, -0.2) is 17.4 Å². The van der Waals surface area contributed by atoms with Gasteiger partial charge in [-0.25, -0.2) is 0 Å². The van der Waals surface area contributed by atoms with Gasteiger partial charge in [-0.1, -0.05) is 23.7 Å². The second-order valence-corrected chi connectivity index (χ2v) is 4.95. The van der Waals surface area contributed by atoms with Crippen LogP contribution in [0.1, 0.15) is 21.6 Å². The van der Waals surface area contributed by atoms with Gasteiger partial charge in [-0.05, 0) is 43.2 Å². The van der Waals surface area contributed by atoms with E-state index in [1.165, 1.54) is 6.07 Å². The van der Waals surface area contributed by atoms with Crippen LogP contribution in [0.15, 0.2) is 41.2 Å². The first-order valence-electron chi connectivity index (χ1n) is 6.29. The molecule has 0 aliphatic rings. The van der Waals surface area contributed by atoms with Crippen molar-refractivity contribution in [3.05, 3.63) is 68.6 Å². The molecular weight excluding hydrogens is 276 g/mol. The topological polar surface area (TPSA) is 62.0 Å². The molecule has 2 N–H and O–H groups in total. The van der Waals surface area contributed by atoms with Gasteiger partial charge in [0.15, 0.2) is 0 Å². The first-order valence-corrected chi connectivity index (χ1v) is 6.66. The average Bonchev–Trinajstić information content (AvgIpc) is 2.41. The summed E-state index contributed by atoms with van der Waals surface area (Å²) in [6.07, 6.45) is 0.687. The molecule has 1 aromatic carbocycles. The van der Waals surface area contributed by atoms with Gasteiger partial charge in [0.1, 0.15) is 5.56 Å². The molecule has 0 atom stereocenters. The molecule has 0 spiro atoms. The number of aromatic amines is 1. The Morgan fingerprint density at radius 1 is 1.20 bits per heavy atom. The maximum Gasteiger partial charge on any atom is 0.260 e. The van der Waals surface area contributed by atoms with Crippen molar-refractivity contribution in [2.24, 2.45) is 0 Å². The van der Waals surface area contributed by atoms with Crippen molar-refractivity contribution >= 4 is 17.5 Å². The molecule has 2 rings (SSSR count). The number of benzene rings is 1. The van der Waals surface area contributed by atoms with Crippen LogP contribution in [0.5, 0.6) is 0 Å². The fraction of sp³-hybridized carbons (Fsp3) is 0.200. The zero-order valence-corrected chi connectivity index (χ0v) is 11.8. The van der Waals surface area contributed by atoms with Gasteiger partial charge in [-0.15, -0.1) is 0 Å². The number of hydrogen-bond acceptors (Lipinski definition) is 2. The van der Waals surface area contributed by atoms with E-state index in [9.17, 15) is 9.59 Å². The minimum absolute atomic E-state index is 0.131. The summed E-state index contributed by atoms with van der Waals surface area (Å²) in [6.45, 7) is 2.23. The molecule has 5 heteroatoms. The Labute approximate surface area is 121 Å². The largest absolute Gasteiger partial charge is 0.352 e. The van der Waals surface area contributed by atoms with E-state index >= 15 is 0 Å². The van der Waals surface area contributed by atoms with Gasteiger partial charge >= 0.3 is 0 Å². The van der Waals surface area contributed by atoms with Crippen LogP contribution in [0.25, 0.3) is 0 Å². The molecule has 0 aliphatic heterocycles. The number of aromatic nitrogens is 1. The Bertz CT molecular complexity index is 662. The van der Waals surface area contributed by atoms with Crippen molar-refractivity contribution < 1.29 is 4.79 Å². The number of halogens is 1. The molecule has 4 nitrogen and oxygen atoms in total. The number of pyridine rings is 1. The first kappa shape index (κ1) is 14.3. The van der Waals surface area contributed by atoms with Crippen LogP contribution < -0.4 is 10.9 Å². The summed E-state index contributed by atoms with van der Waals surface area (Å²) in [7, 11) is 0. The third-order valence-electron chi connectivity index (χ3n) is 2.91. The van der Waals surface area contributed by atoms with E-state index in [0.29, 0.717) is 18.0 Å². The minimum Gasteiger partial charge on any atom is -0.352 e. The van der Waals surface area contributed by atoms with Crippen molar-refractivity contribution in [2.75, 3.05) is 6.54 Å². The lowest BCUT2D eigenvalue weighted by Gasteiger charge is -2.05. The minimum atomic E-state index is -0.367. The Hall–Kier alpha value is -2.07. The number of nitrogens with one attached hydrogen (secondary N) is 2. The lowest BCUT2D eigenvalue weighted by atomic mass is 10.1. The third kappa shape index (κ3) is 3.71. The molecule has 2 aromatic rings. The zero-order chi connectivity index (χ0) is 14.5. The maximum absolute atomic E-state index is 11.9. The molecule has 1 amide bonds. The summed E-state index contributed by atoms with van der Waals surface area (Å²) in [5.41, 5.74) is 1.57. The highest BCUT2D eigenvalue weighted by atomic mass is 35.5. The summed E-state index contributed by atoms with van der Waals surface area (Å²) in [5, 5.41) is 3.41. The van der Waals surface area contributed by atoms with Crippen molar-refractivity contribution in [3.8, 4) is 0 Å². The number of carbonyl (C=O) groups excluding carboxylic acids is 1. The molecule has 20 heavy (non-hydrogen) atoms. The number of rotatable bonds is 4. The highest BCUT2D eigenvalue weighted by Gasteiger charge is 2.09. The molecule has 0 radical (unpaired) electrons. The molecule has 104 valence electrons. The van der Waals surface area contributed by atoms with E-state index in [1.54, 1.807) is 13.0 Å². The molecule has 0 bridgehead atoms. The summed E-state index contributed by atoms with van der Waals surface area (Å²) < 4.78 is 0. The molecule has 0 saturated carbocycles. The SMILES string of the molecule is Cc1ccc(C(=O)NCCc2ccc(Cl)cc2)c(=O)[nH]1. The summed E-state index contributed by atoms with van der Waals surface area (Å²) in [5.74, 6) is -0.361. The van der Waals surface area contributed by atoms with Crippen LogP contribution >= 0.6 is 11.6 Å². The van der Waals surface area contributed by atoms with E-state index in [0.717, 1.165) is 11.3 Å². The van der Waals surface area contributed by atoms with Crippen LogP contribution in [0.2, 0.25) is 5.02 Å². The summed E-state index contributed by atoms with van der Waals surface area (Å²) >= 11 is 5.80. The predicted octanol–water partition coefficient (Wildman–Crippen LogP) is 2.31. The fourth-order valence-corrected chi connectivity index (χ4v) is 1.94. The zero-order valence-electron chi connectivity index (χ0n) is 11.1. The van der Waals surface area contributed by atoms with E-state index in [2.05, 4.69) is 10.3 Å². The molecule has 1 heterocycles. The smallest absolute Gasteiger partial charge is 0.260 e. The number of amides is 1. The second-order valence-electron chi connectivity index (χ2n) is 4.52. The van der Waals surface area contributed by atoms with Gasteiger partial charge in [0.25, 0.3) is 11.5 Å². The molecule has 0 fully saturated rings. The Morgan fingerprint density at radius 3 is 2.55 bits per heavy atom. The molecule has 0 saturated heterocycles. The summed E-state index contributed by atoms with van der Waals surface area (Å²) in [6, 6.07) is 10.7. The van der Waals surface area contributed by atoms with E-state index < -0.39 is 0 Å². The van der Waals surface area contributed by atoms with Crippen molar-refractivity contribution in [2.45, 2.75) is 13.3 Å². The van der Waals surface area contributed by atoms with E-state index in [-0.39, 0.29) is 17.0 Å². The van der Waals surface area contributed by atoms with Crippen molar-refractivity contribution in [1.82, 2.24) is 10.3 Å². The second kappa shape index (κ2) is 6.39. The van der Waals surface area contributed by atoms with Gasteiger partial charge in [0, 0.05) is 17.3 Å². The van der Waals surface area contributed by atoms with Gasteiger partial charge in [0.2, 0.25) is 0 Å². The number of carbonyl (C=O) groups is 1. The van der Waals surface area contributed by atoms with Crippen LogP contribution in [-0.2, 0) is 6.42 Å². The average molecular weight is 291 g/mol. The lowest BCUT2D eigenvalue weighted by molar-refractivity contribution is 0.0952. The van der Waals surface area contributed by atoms with Crippen molar-refractivity contribution in [3.63, 3.8) is 0 Å². The quantitative estimate of drug-likeness (QED) is 0.908. The van der Waals surface area contributed by atoms with Crippen LogP contribution in [0.3, 0.4) is 0 Å². The lowest BCUT2D eigenvalue weighted by Crippen LogP contribution is -2.31. The molecule has 0 aliphatic carbocycles. The molecular formula is C15H15ClN2O2. The first-order chi connectivity index (χ1) is 9.56. The van der Waals surface area contributed by atoms with Crippen LogP contribution in [0, 0.1) is 6.92 Å². The van der Waals surface area contributed by atoms with Gasteiger partial charge in [-0.2, -0.15) is 0 Å². The van der Waals surface area contributed by atoms with Crippen molar-refractivity contribution in [1.29, 1.82) is 0 Å². The Balaban J connectivity index is 1.92. The third-order valence-corrected chi connectivity index (χ3v) is 3.16. The van der Waals surface area contributed by atoms with Gasteiger partial charge in [-0.3, -0.25) is 9.59 Å². The van der Waals surface area contributed by atoms with E-state index in [1.807, 2.05) is 24.3 Å². The Kier molecular flexibility index (Phi) is 4.58. The number of hydrogen-bond donors (Lipinski definition) is 2. The number of H-pyrrole nitrogens is 1. The predicted molar refractivity (Wildman–Crippen MR) is 79.3 cm³/mol. The fourth-order valence-electron chi connectivity index (χ4n) is 1.82. The summed E-state index contributed by atoms with van der Waals surface area (Å²) in [4.78, 5) is 26.1. The number of aryl methyl sites for hydroxylation is 1. The monoisotopic (exact) mass is 290 g/mol. The molecule has 1 aromatic heterocycles. The Morgan fingerprint density at radius 2 is 1.90 bits per heavy atom. The normalized spacial score (nSPS) is 10.3. The standard InChI is InChI=1S/C15H15ClN2O2/c1-10-2-7-13(15(20)18-10)14(19)17-9-8-11-3-5-12(16)6-4-11/h2-7H,8-9H2,1H3,(H,17,19)(H,18,20). The molecule has 0 unspecified atom stereocenters. The maximum atomic E-state index is 11.9. The van der Waals surface area contributed by atoms with Gasteiger partial charge in [0.05, 0.1) is 0 Å². The van der Waals surface area contributed by atoms with Gasteiger partial charge < -0.3 is 10.3 Å².